The maximum Gasteiger partial charge on any atom is 0.498 e. The molecule has 1 aromatic carbocycles. The molecule has 0 saturated carbocycles. The average Bonchev–Trinajstić information content (AvgIpc) is 2.63. The highest BCUT2D eigenvalue weighted by molar-refractivity contribution is 6.63. The number of hydrogen-bond acceptors (Lipinski definition) is 4. The average molecular weight is 342 g/mol. The highest BCUT2D eigenvalue weighted by Crippen LogP contribution is 2.38. The fraction of sp³-hybridized carbons (Fsp3) is 0.647. The normalized spacial score (nSPS) is 19.6. The molecule has 0 spiro atoms. The van der Waals surface area contributed by atoms with Crippen LogP contribution in [0.25, 0.3) is 0 Å². The lowest BCUT2D eigenvalue weighted by atomic mass is 9.74. The molecule has 0 aliphatic carbocycles. The number of rotatable bonds is 5. The van der Waals surface area contributed by atoms with Crippen molar-refractivity contribution in [2.45, 2.75) is 58.7 Å². The van der Waals surface area contributed by atoms with Crippen LogP contribution in [-0.2, 0) is 20.0 Å². The van der Waals surface area contributed by atoms with Crippen molar-refractivity contribution >= 4 is 12.6 Å². The Kier molecular flexibility index (Phi) is 5.01. The van der Waals surface area contributed by atoms with Crippen LogP contribution in [0.3, 0.4) is 0 Å². The second-order valence-corrected chi connectivity index (χ2v) is 7.23. The summed E-state index contributed by atoms with van der Waals surface area (Å²) >= 11 is 0. The molecule has 0 atom stereocenters. The van der Waals surface area contributed by atoms with Gasteiger partial charge < -0.3 is 18.8 Å². The van der Waals surface area contributed by atoms with Gasteiger partial charge in [-0.25, -0.2) is 8.78 Å². The van der Waals surface area contributed by atoms with E-state index >= 15 is 0 Å². The fourth-order valence-electron chi connectivity index (χ4n) is 2.52. The largest absolute Gasteiger partial charge is 0.498 e. The minimum absolute atomic E-state index is 0.0509. The number of halogens is 2. The Morgan fingerprint density at radius 3 is 2.12 bits per heavy atom. The zero-order valence-corrected chi connectivity index (χ0v) is 15.3. The van der Waals surface area contributed by atoms with Gasteiger partial charge in [0.25, 0.3) is 5.92 Å². The monoisotopic (exact) mass is 342 g/mol. The lowest BCUT2D eigenvalue weighted by Gasteiger charge is -2.32. The molecule has 1 aliphatic rings. The van der Waals surface area contributed by atoms with Gasteiger partial charge in [-0.1, -0.05) is 6.07 Å². The first-order valence-corrected chi connectivity index (χ1v) is 7.89. The molecule has 4 nitrogen and oxygen atoms in total. The summed E-state index contributed by atoms with van der Waals surface area (Å²) in [6.45, 7) is 10.3. The van der Waals surface area contributed by atoms with Gasteiger partial charge in [0.05, 0.1) is 11.2 Å². The molecule has 0 bridgehead atoms. The summed E-state index contributed by atoms with van der Waals surface area (Å²) in [5, 5.41) is 0. The zero-order chi connectivity index (χ0) is 18.3. The van der Waals surface area contributed by atoms with Gasteiger partial charge >= 0.3 is 7.12 Å². The number of hydrogen-bond donors (Lipinski definition) is 0. The number of methoxy groups -OCH3 is 1. The summed E-state index contributed by atoms with van der Waals surface area (Å²) in [6, 6.07) is 2.77. The molecule has 24 heavy (non-hydrogen) atoms. The third kappa shape index (κ3) is 3.58. The Balaban J connectivity index is 2.49. The highest BCUT2D eigenvalue weighted by atomic mass is 19.3. The molecule has 0 radical (unpaired) electrons. The van der Waals surface area contributed by atoms with Crippen LogP contribution in [0.1, 0.15) is 45.7 Å². The molecule has 1 aliphatic heterocycles. The van der Waals surface area contributed by atoms with Crippen molar-refractivity contribution in [2.75, 3.05) is 13.9 Å². The minimum Gasteiger partial charge on any atom is -0.468 e. The molecule has 1 fully saturated rings. The van der Waals surface area contributed by atoms with Gasteiger partial charge in [0.1, 0.15) is 5.75 Å². The lowest BCUT2D eigenvalue weighted by Crippen LogP contribution is -2.41. The summed E-state index contributed by atoms with van der Waals surface area (Å²) < 4.78 is 50.0. The van der Waals surface area contributed by atoms with Crippen LogP contribution in [0.4, 0.5) is 8.78 Å². The smallest absolute Gasteiger partial charge is 0.468 e. The lowest BCUT2D eigenvalue weighted by molar-refractivity contribution is 0.00578. The van der Waals surface area contributed by atoms with E-state index in [0.717, 1.165) is 6.92 Å². The maximum atomic E-state index is 13.7. The van der Waals surface area contributed by atoms with E-state index in [-0.39, 0.29) is 18.1 Å². The molecular formula is C17H25BF2O4. The quantitative estimate of drug-likeness (QED) is 0.607. The maximum absolute atomic E-state index is 13.7. The van der Waals surface area contributed by atoms with Crippen molar-refractivity contribution in [3.63, 3.8) is 0 Å². The SMILES string of the molecule is COCOc1cc(C(C)(F)F)cc(C)c1B1OC(C)(C)C(C)(C)O1. The third-order valence-electron chi connectivity index (χ3n) is 4.68. The molecule has 1 saturated heterocycles. The second-order valence-electron chi connectivity index (χ2n) is 7.23. The van der Waals surface area contributed by atoms with Crippen LogP contribution >= 0.6 is 0 Å². The Hall–Kier alpha value is -1.18. The van der Waals surface area contributed by atoms with Gasteiger partial charge in [0.15, 0.2) is 6.79 Å². The molecule has 0 amide bonds. The van der Waals surface area contributed by atoms with Crippen LogP contribution in [-0.4, -0.2) is 32.2 Å². The molecule has 134 valence electrons. The van der Waals surface area contributed by atoms with Crippen molar-refractivity contribution in [3.8, 4) is 5.75 Å². The summed E-state index contributed by atoms with van der Waals surface area (Å²) in [5.41, 5.74) is 0.0510. The van der Waals surface area contributed by atoms with Crippen molar-refractivity contribution in [3.05, 3.63) is 23.3 Å². The van der Waals surface area contributed by atoms with E-state index in [1.165, 1.54) is 19.2 Å². The molecule has 0 aromatic heterocycles. The summed E-state index contributed by atoms with van der Waals surface area (Å²) in [4.78, 5) is 0. The topological polar surface area (TPSA) is 36.9 Å². The molecule has 1 aromatic rings. The van der Waals surface area contributed by atoms with Crippen LogP contribution in [0.15, 0.2) is 12.1 Å². The number of ether oxygens (including phenoxy) is 2. The van der Waals surface area contributed by atoms with Gasteiger partial charge in [0, 0.05) is 25.1 Å². The summed E-state index contributed by atoms with van der Waals surface area (Å²) in [5.74, 6) is -2.68. The summed E-state index contributed by atoms with van der Waals surface area (Å²) in [7, 11) is 0.779. The second kappa shape index (κ2) is 6.28. The van der Waals surface area contributed by atoms with Crippen LogP contribution in [0, 0.1) is 6.92 Å². The van der Waals surface area contributed by atoms with E-state index in [1.54, 1.807) is 6.92 Å². The van der Waals surface area contributed by atoms with Crippen molar-refractivity contribution < 1.29 is 27.6 Å². The molecule has 7 heteroatoms. The van der Waals surface area contributed by atoms with E-state index in [0.29, 0.717) is 11.0 Å². The van der Waals surface area contributed by atoms with E-state index in [1.807, 2.05) is 27.7 Å². The third-order valence-corrected chi connectivity index (χ3v) is 4.68. The molecule has 1 heterocycles. The molecule has 0 N–H and O–H groups in total. The van der Waals surface area contributed by atoms with Gasteiger partial charge in [-0.2, -0.15) is 0 Å². The first kappa shape index (κ1) is 19.2. The predicted molar refractivity (Wildman–Crippen MR) is 89.0 cm³/mol. The minimum atomic E-state index is -2.97. The van der Waals surface area contributed by atoms with Crippen LogP contribution in [0.2, 0.25) is 0 Å². The molecule has 2 rings (SSSR count). The van der Waals surface area contributed by atoms with E-state index in [4.69, 9.17) is 18.8 Å². The van der Waals surface area contributed by atoms with Crippen LogP contribution < -0.4 is 10.2 Å². The predicted octanol–water partition coefficient (Wildman–Crippen LogP) is 3.39. The molecular weight excluding hydrogens is 317 g/mol. The van der Waals surface area contributed by atoms with Gasteiger partial charge in [-0.15, -0.1) is 0 Å². The number of benzene rings is 1. The number of alkyl halides is 2. The zero-order valence-electron chi connectivity index (χ0n) is 15.3. The first-order chi connectivity index (χ1) is 10.9. The fourth-order valence-corrected chi connectivity index (χ4v) is 2.52. The van der Waals surface area contributed by atoms with Gasteiger partial charge in [-0.05, 0) is 46.2 Å². The van der Waals surface area contributed by atoms with Gasteiger partial charge in [-0.3, -0.25) is 0 Å². The number of aryl methyl sites for hydroxylation is 1. The highest BCUT2D eigenvalue weighted by Gasteiger charge is 2.53. The van der Waals surface area contributed by atoms with Crippen molar-refractivity contribution in [1.29, 1.82) is 0 Å². The van der Waals surface area contributed by atoms with E-state index in [9.17, 15) is 8.78 Å². The van der Waals surface area contributed by atoms with E-state index < -0.39 is 24.2 Å². The van der Waals surface area contributed by atoms with E-state index in [2.05, 4.69) is 0 Å². The first-order valence-electron chi connectivity index (χ1n) is 7.89. The van der Waals surface area contributed by atoms with Crippen molar-refractivity contribution in [1.82, 2.24) is 0 Å². The summed E-state index contributed by atoms with van der Waals surface area (Å²) in [6.07, 6.45) is 0. The molecule has 0 unspecified atom stereocenters. The standard InChI is InChI=1S/C17H25BF2O4/c1-11-8-12(17(6,19)20)9-13(22-10-21-7)14(11)18-23-15(2,3)16(4,5)24-18/h8-9H,10H2,1-7H3. The Bertz CT molecular complexity index is 595. The Morgan fingerprint density at radius 2 is 1.67 bits per heavy atom. The van der Waals surface area contributed by atoms with Gasteiger partial charge in [0.2, 0.25) is 0 Å². The Morgan fingerprint density at radius 1 is 1.12 bits per heavy atom. The Labute approximate surface area is 142 Å². The van der Waals surface area contributed by atoms with Crippen molar-refractivity contribution in [2.24, 2.45) is 0 Å². The van der Waals surface area contributed by atoms with Crippen LogP contribution in [0.5, 0.6) is 5.75 Å².